The number of amides is 1. The first-order valence-corrected chi connectivity index (χ1v) is 6.46. The molecule has 0 saturated carbocycles. The molecule has 0 fully saturated rings. The fourth-order valence-corrected chi connectivity index (χ4v) is 1.97. The Morgan fingerprint density at radius 2 is 1.91 bits per heavy atom. The summed E-state index contributed by atoms with van der Waals surface area (Å²) in [6.07, 6.45) is 0. The molecule has 0 radical (unpaired) electrons. The normalized spacial score (nSPS) is 10.1. The molecule has 0 aromatic heterocycles. The van der Waals surface area contributed by atoms with Crippen LogP contribution in [0, 0.1) is 22.9 Å². The van der Waals surface area contributed by atoms with Gasteiger partial charge in [-0.2, -0.15) is 0 Å². The molecular formula is C15H14FN3O3. The number of nitrogens with zero attached hydrogens (tertiary/aromatic N) is 1. The Kier molecular flexibility index (Phi) is 4.36. The number of nitro groups is 1. The lowest BCUT2D eigenvalue weighted by Gasteiger charge is -2.11. The third kappa shape index (κ3) is 3.20. The largest absolute Gasteiger partial charge is 0.387 e. The molecule has 1 amide bonds. The van der Waals surface area contributed by atoms with E-state index in [4.69, 9.17) is 0 Å². The summed E-state index contributed by atoms with van der Waals surface area (Å²) in [6, 6.07) is 7.95. The quantitative estimate of drug-likeness (QED) is 0.670. The van der Waals surface area contributed by atoms with Gasteiger partial charge < -0.3 is 10.6 Å². The molecule has 0 aliphatic carbocycles. The van der Waals surface area contributed by atoms with E-state index in [-0.39, 0.29) is 11.3 Å². The highest BCUT2D eigenvalue weighted by molar-refractivity contribution is 6.08. The van der Waals surface area contributed by atoms with Crippen LogP contribution in [0.5, 0.6) is 0 Å². The van der Waals surface area contributed by atoms with Gasteiger partial charge in [0, 0.05) is 30.6 Å². The highest BCUT2D eigenvalue weighted by atomic mass is 19.1. The van der Waals surface area contributed by atoms with Gasteiger partial charge in [-0.25, -0.2) is 4.39 Å². The maximum absolute atomic E-state index is 13.3. The van der Waals surface area contributed by atoms with Gasteiger partial charge >= 0.3 is 0 Å². The molecule has 0 unspecified atom stereocenters. The summed E-state index contributed by atoms with van der Waals surface area (Å²) in [4.78, 5) is 22.6. The van der Waals surface area contributed by atoms with E-state index in [1.807, 2.05) is 0 Å². The Labute approximate surface area is 126 Å². The van der Waals surface area contributed by atoms with Gasteiger partial charge in [-0.05, 0) is 30.7 Å². The number of nitrogens with one attached hydrogen (secondary N) is 2. The van der Waals surface area contributed by atoms with Crippen molar-refractivity contribution >= 4 is 23.0 Å². The summed E-state index contributed by atoms with van der Waals surface area (Å²) < 4.78 is 13.3. The highest BCUT2D eigenvalue weighted by Crippen LogP contribution is 2.24. The molecule has 114 valence electrons. The van der Waals surface area contributed by atoms with Crippen LogP contribution in [0.2, 0.25) is 0 Å². The van der Waals surface area contributed by atoms with Crippen molar-refractivity contribution in [2.75, 3.05) is 17.7 Å². The Morgan fingerprint density at radius 1 is 1.18 bits per heavy atom. The summed E-state index contributed by atoms with van der Waals surface area (Å²) in [5.74, 6) is -1.03. The van der Waals surface area contributed by atoms with Crippen LogP contribution in [-0.4, -0.2) is 17.9 Å². The van der Waals surface area contributed by atoms with Crippen LogP contribution in [0.3, 0.4) is 0 Å². The molecule has 0 heterocycles. The van der Waals surface area contributed by atoms with Crippen LogP contribution in [0.4, 0.5) is 21.5 Å². The van der Waals surface area contributed by atoms with Crippen LogP contribution in [0.25, 0.3) is 0 Å². The Morgan fingerprint density at radius 3 is 2.55 bits per heavy atom. The zero-order valence-corrected chi connectivity index (χ0v) is 12.0. The topological polar surface area (TPSA) is 84.3 Å². The number of non-ortho nitro benzene ring substituents is 1. The van der Waals surface area contributed by atoms with E-state index < -0.39 is 16.6 Å². The number of carbonyl (C=O) groups is 1. The van der Waals surface area contributed by atoms with E-state index in [1.54, 1.807) is 14.0 Å². The number of rotatable bonds is 4. The molecule has 0 saturated heterocycles. The number of benzene rings is 2. The standard InChI is InChI=1S/C15H14FN3O3/c1-9-3-4-10(16)7-14(9)18-15(20)12-8-11(19(21)22)5-6-13(12)17-2/h3-8,17H,1-2H3,(H,18,20). The van der Waals surface area contributed by atoms with Gasteiger partial charge in [-0.15, -0.1) is 0 Å². The van der Waals surface area contributed by atoms with E-state index in [0.29, 0.717) is 16.9 Å². The average Bonchev–Trinajstić information content (AvgIpc) is 2.50. The number of hydrogen-bond acceptors (Lipinski definition) is 4. The number of halogens is 1. The third-order valence-electron chi connectivity index (χ3n) is 3.18. The van der Waals surface area contributed by atoms with E-state index in [1.165, 1.54) is 36.4 Å². The van der Waals surface area contributed by atoms with Crippen molar-refractivity contribution in [3.63, 3.8) is 0 Å². The Bertz CT molecular complexity index is 747. The predicted octanol–water partition coefficient (Wildman–Crippen LogP) is 3.34. The van der Waals surface area contributed by atoms with Crippen LogP contribution >= 0.6 is 0 Å². The highest BCUT2D eigenvalue weighted by Gasteiger charge is 2.17. The number of nitro benzene ring substituents is 1. The van der Waals surface area contributed by atoms with Gasteiger partial charge in [0.05, 0.1) is 10.5 Å². The molecule has 2 aromatic rings. The lowest BCUT2D eigenvalue weighted by Crippen LogP contribution is -2.15. The smallest absolute Gasteiger partial charge is 0.270 e. The summed E-state index contributed by atoms with van der Waals surface area (Å²) >= 11 is 0. The van der Waals surface area contributed by atoms with Crippen LogP contribution in [-0.2, 0) is 0 Å². The van der Waals surface area contributed by atoms with Gasteiger partial charge in [0.25, 0.3) is 11.6 Å². The molecule has 0 spiro atoms. The second kappa shape index (κ2) is 6.21. The molecule has 0 bridgehead atoms. The molecule has 0 aliphatic rings. The van der Waals surface area contributed by atoms with Crippen molar-refractivity contribution in [1.82, 2.24) is 0 Å². The fraction of sp³-hybridized carbons (Fsp3) is 0.133. The minimum absolute atomic E-state index is 0.111. The molecule has 0 aliphatic heterocycles. The number of hydrogen-bond donors (Lipinski definition) is 2. The minimum Gasteiger partial charge on any atom is -0.387 e. The van der Waals surface area contributed by atoms with Gasteiger partial charge in [-0.3, -0.25) is 14.9 Å². The monoisotopic (exact) mass is 303 g/mol. The first-order chi connectivity index (χ1) is 10.4. The van der Waals surface area contributed by atoms with Crippen molar-refractivity contribution in [3.05, 3.63) is 63.5 Å². The van der Waals surface area contributed by atoms with Gasteiger partial charge in [-0.1, -0.05) is 6.07 Å². The lowest BCUT2D eigenvalue weighted by atomic mass is 10.1. The van der Waals surface area contributed by atoms with Crippen molar-refractivity contribution in [3.8, 4) is 0 Å². The summed E-state index contributed by atoms with van der Waals surface area (Å²) in [5.41, 5.74) is 1.36. The first kappa shape index (κ1) is 15.4. The number of aryl methyl sites for hydroxylation is 1. The molecule has 2 N–H and O–H groups in total. The molecule has 6 nitrogen and oxygen atoms in total. The van der Waals surface area contributed by atoms with Crippen molar-refractivity contribution < 1.29 is 14.1 Å². The number of carbonyl (C=O) groups excluding carboxylic acids is 1. The molecule has 7 heteroatoms. The average molecular weight is 303 g/mol. The van der Waals surface area contributed by atoms with Gasteiger partial charge in [0.15, 0.2) is 0 Å². The van der Waals surface area contributed by atoms with Gasteiger partial charge in [0.2, 0.25) is 0 Å². The number of anilines is 2. The molecule has 2 rings (SSSR count). The van der Waals surface area contributed by atoms with Crippen LogP contribution in [0.15, 0.2) is 36.4 Å². The Hall–Kier alpha value is -2.96. The predicted molar refractivity (Wildman–Crippen MR) is 81.7 cm³/mol. The summed E-state index contributed by atoms with van der Waals surface area (Å²) in [7, 11) is 1.60. The van der Waals surface area contributed by atoms with Crippen LogP contribution < -0.4 is 10.6 Å². The zero-order chi connectivity index (χ0) is 16.3. The molecule has 22 heavy (non-hydrogen) atoms. The first-order valence-electron chi connectivity index (χ1n) is 6.46. The van der Waals surface area contributed by atoms with Gasteiger partial charge in [0.1, 0.15) is 5.82 Å². The van der Waals surface area contributed by atoms with Crippen molar-refractivity contribution in [1.29, 1.82) is 0 Å². The summed E-state index contributed by atoms with van der Waals surface area (Å²) in [6.45, 7) is 1.72. The lowest BCUT2D eigenvalue weighted by molar-refractivity contribution is -0.384. The maximum Gasteiger partial charge on any atom is 0.270 e. The second-order valence-electron chi connectivity index (χ2n) is 4.65. The van der Waals surface area contributed by atoms with Crippen LogP contribution in [0.1, 0.15) is 15.9 Å². The molecule has 2 aromatic carbocycles. The zero-order valence-electron chi connectivity index (χ0n) is 12.0. The summed E-state index contributed by atoms with van der Waals surface area (Å²) in [5, 5.41) is 16.2. The minimum atomic E-state index is -0.580. The third-order valence-corrected chi connectivity index (χ3v) is 3.18. The SMILES string of the molecule is CNc1ccc([N+](=O)[O-])cc1C(=O)Nc1cc(F)ccc1C. The maximum atomic E-state index is 13.3. The van der Waals surface area contributed by atoms with E-state index in [9.17, 15) is 19.3 Å². The Balaban J connectivity index is 2.38. The van der Waals surface area contributed by atoms with E-state index in [2.05, 4.69) is 10.6 Å². The second-order valence-corrected chi connectivity index (χ2v) is 4.65. The fourth-order valence-electron chi connectivity index (χ4n) is 1.97. The van der Waals surface area contributed by atoms with E-state index in [0.717, 1.165) is 0 Å². The molecular weight excluding hydrogens is 289 g/mol. The van der Waals surface area contributed by atoms with Crippen molar-refractivity contribution in [2.24, 2.45) is 0 Å². The molecule has 0 atom stereocenters. The van der Waals surface area contributed by atoms with E-state index >= 15 is 0 Å². The van der Waals surface area contributed by atoms with Crippen molar-refractivity contribution in [2.45, 2.75) is 6.92 Å².